The Kier molecular flexibility index (Phi) is 3.56. The molecule has 2 aromatic heterocycles. The zero-order chi connectivity index (χ0) is 13.3. The fourth-order valence-corrected chi connectivity index (χ4v) is 2.80. The number of nitrogens with one attached hydrogen (secondary N) is 1. The summed E-state index contributed by atoms with van der Waals surface area (Å²) in [4.78, 5) is 8.51. The molecule has 0 atom stereocenters. The summed E-state index contributed by atoms with van der Waals surface area (Å²) in [6.45, 7) is 1.67. The van der Waals surface area contributed by atoms with Crippen LogP contribution >= 0.6 is 15.9 Å². The molecular weight excluding hydrogens is 308 g/mol. The average molecular weight is 325 g/mol. The number of rotatable bonds is 5. The molecule has 0 amide bonds. The van der Waals surface area contributed by atoms with E-state index in [0.29, 0.717) is 0 Å². The molecule has 0 unspecified atom stereocenters. The molecule has 2 heterocycles. The summed E-state index contributed by atoms with van der Waals surface area (Å²) in [5, 5.41) is 3.47. The molecule has 0 saturated heterocycles. The molecule has 2 aromatic rings. The molecule has 0 spiro atoms. The van der Waals surface area contributed by atoms with E-state index in [1.807, 2.05) is 16.8 Å². The van der Waals surface area contributed by atoms with Gasteiger partial charge in [0.1, 0.15) is 4.60 Å². The van der Waals surface area contributed by atoms with Crippen molar-refractivity contribution in [2.75, 3.05) is 13.7 Å². The van der Waals surface area contributed by atoms with E-state index in [4.69, 9.17) is 4.74 Å². The summed E-state index contributed by atoms with van der Waals surface area (Å²) in [5.41, 5.74) is 2.05. The fourth-order valence-electron chi connectivity index (χ4n) is 2.49. The van der Waals surface area contributed by atoms with Crippen LogP contribution in [0.25, 0.3) is 5.65 Å². The summed E-state index contributed by atoms with van der Waals surface area (Å²) >= 11 is 3.38. The van der Waals surface area contributed by atoms with Crippen LogP contribution in [0.15, 0.2) is 23.2 Å². The van der Waals surface area contributed by atoms with E-state index in [0.717, 1.165) is 41.9 Å². The third-order valence-corrected chi connectivity index (χ3v) is 4.30. The third-order valence-electron chi connectivity index (χ3n) is 3.89. The van der Waals surface area contributed by atoms with Crippen LogP contribution in [0, 0.1) is 0 Å². The molecule has 1 aliphatic rings. The molecule has 0 bridgehead atoms. The van der Waals surface area contributed by atoms with Crippen LogP contribution < -0.4 is 5.32 Å². The Hall–Kier alpha value is -0.980. The van der Waals surface area contributed by atoms with Crippen LogP contribution in [0.2, 0.25) is 0 Å². The highest BCUT2D eigenvalue weighted by Gasteiger charge is 2.36. The number of halogens is 1. The highest BCUT2D eigenvalue weighted by Crippen LogP contribution is 2.34. The lowest BCUT2D eigenvalue weighted by atomic mass is 9.80. The SMILES string of the molecule is COC1(CNCc2cnc3cnc(Br)cn23)CCC1. The van der Waals surface area contributed by atoms with E-state index < -0.39 is 0 Å². The van der Waals surface area contributed by atoms with Crippen LogP contribution in [-0.2, 0) is 11.3 Å². The Morgan fingerprint density at radius 2 is 2.26 bits per heavy atom. The van der Waals surface area contributed by atoms with Gasteiger partial charge in [-0.25, -0.2) is 9.97 Å². The number of hydrogen-bond donors (Lipinski definition) is 1. The van der Waals surface area contributed by atoms with Crippen molar-refractivity contribution in [2.45, 2.75) is 31.4 Å². The first-order chi connectivity index (χ1) is 9.22. The minimum atomic E-state index is 0.0582. The first kappa shape index (κ1) is 13.0. The smallest absolute Gasteiger partial charge is 0.155 e. The summed E-state index contributed by atoms with van der Waals surface area (Å²) in [5.74, 6) is 0. The van der Waals surface area contributed by atoms with Gasteiger partial charge in [-0.3, -0.25) is 4.40 Å². The number of hydrogen-bond acceptors (Lipinski definition) is 4. The quantitative estimate of drug-likeness (QED) is 0.915. The molecule has 1 N–H and O–H groups in total. The third kappa shape index (κ3) is 2.52. The van der Waals surface area contributed by atoms with Crippen molar-refractivity contribution in [1.82, 2.24) is 19.7 Å². The monoisotopic (exact) mass is 324 g/mol. The first-order valence-electron chi connectivity index (χ1n) is 6.46. The van der Waals surface area contributed by atoms with E-state index in [1.165, 1.54) is 6.42 Å². The molecule has 1 saturated carbocycles. The summed E-state index contributed by atoms with van der Waals surface area (Å²) in [7, 11) is 1.80. The number of nitrogens with zero attached hydrogens (tertiary/aromatic N) is 3. The van der Waals surface area contributed by atoms with Gasteiger partial charge < -0.3 is 10.1 Å². The van der Waals surface area contributed by atoms with Gasteiger partial charge in [0.15, 0.2) is 5.65 Å². The van der Waals surface area contributed by atoms with E-state index in [2.05, 4.69) is 31.2 Å². The normalized spacial score (nSPS) is 17.6. The van der Waals surface area contributed by atoms with Gasteiger partial charge in [0.25, 0.3) is 0 Å². The van der Waals surface area contributed by atoms with Crippen molar-refractivity contribution in [3.63, 3.8) is 0 Å². The van der Waals surface area contributed by atoms with Crippen molar-refractivity contribution < 1.29 is 4.74 Å². The van der Waals surface area contributed by atoms with Crippen LogP contribution in [0.5, 0.6) is 0 Å². The van der Waals surface area contributed by atoms with Crippen LogP contribution in [0.1, 0.15) is 25.0 Å². The van der Waals surface area contributed by atoms with Crippen molar-refractivity contribution in [1.29, 1.82) is 0 Å². The van der Waals surface area contributed by atoms with Crippen LogP contribution in [0.3, 0.4) is 0 Å². The summed E-state index contributed by atoms with van der Waals surface area (Å²) in [6.07, 6.45) is 9.16. The Morgan fingerprint density at radius 3 is 2.95 bits per heavy atom. The molecule has 1 fully saturated rings. The molecule has 0 aromatic carbocycles. The molecule has 19 heavy (non-hydrogen) atoms. The van der Waals surface area contributed by atoms with Gasteiger partial charge in [0.05, 0.1) is 23.7 Å². The summed E-state index contributed by atoms with van der Waals surface area (Å²) in [6, 6.07) is 0. The van der Waals surface area contributed by atoms with Crippen molar-refractivity contribution in [2.24, 2.45) is 0 Å². The van der Waals surface area contributed by atoms with Crippen molar-refractivity contribution >= 4 is 21.6 Å². The van der Waals surface area contributed by atoms with Gasteiger partial charge in [0, 0.05) is 26.4 Å². The van der Waals surface area contributed by atoms with Gasteiger partial charge in [-0.2, -0.15) is 0 Å². The number of ether oxygens (including phenoxy) is 1. The molecule has 0 radical (unpaired) electrons. The maximum atomic E-state index is 5.60. The van der Waals surface area contributed by atoms with E-state index in [1.54, 1.807) is 13.3 Å². The van der Waals surface area contributed by atoms with Gasteiger partial charge in [0.2, 0.25) is 0 Å². The maximum Gasteiger partial charge on any atom is 0.155 e. The molecule has 3 rings (SSSR count). The number of imidazole rings is 1. The lowest BCUT2D eigenvalue weighted by Crippen LogP contribution is -2.47. The maximum absolute atomic E-state index is 5.60. The van der Waals surface area contributed by atoms with Crippen molar-refractivity contribution in [3.05, 3.63) is 28.9 Å². The van der Waals surface area contributed by atoms with Crippen LogP contribution in [-0.4, -0.2) is 33.6 Å². The second-order valence-electron chi connectivity index (χ2n) is 5.03. The molecule has 5 nitrogen and oxygen atoms in total. The average Bonchev–Trinajstić information content (AvgIpc) is 2.75. The predicted molar refractivity (Wildman–Crippen MR) is 76.0 cm³/mol. The topological polar surface area (TPSA) is 51.5 Å². The Morgan fingerprint density at radius 1 is 1.42 bits per heavy atom. The standard InChI is InChI=1S/C13H17BrN4O/c1-19-13(3-2-4-13)9-15-5-10-6-17-12-7-16-11(14)8-18(10)12/h6-8,15H,2-5,9H2,1H3. The van der Waals surface area contributed by atoms with Gasteiger partial charge in [-0.05, 0) is 35.2 Å². The predicted octanol–water partition coefficient (Wildman–Crippen LogP) is 2.15. The van der Waals surface area contributed by atoms with Gasteiger partial charge in [-0.1, -0.05) is 0 Å². The van der Waals surface area contributed by atoms with Gasteiger partial charge in [-0.15, -0.1) is 0 Å². The minimum absolute atomic E-state index is 0.0582. The van der Waals surface area contributed by atoms with Crippen LogP contribution in [0.4, 0.5) is 0 Å². The van der Waals surface area contributed by atoms with Gasteiger partial charge >= 0.3 is 0 Å². The second-order valence-corrected chi connectivity index (χ2v) is 5.84. The number of methoxy groups -OCH3 is 1. The zero-order valence-electron chi connectivity index (χ0n) is 10.9. The summed E-state index contributed by atoms with van der Waals surface area (Å²) < 4.78 is 8.46. The molecule has 1 aliphatic carbocycles. The Labute approximate surface area is 120 Å². The first-order valence-corrected chi connectivity index (χ1v) is 7.25. The zero-order valence-corrected chi connectivity index (χ0v) is 12.5. The van der Waals surface area contributed by atoms with E-state index >= 15 is 0 Å². The molecule has 6 heteroatoms. The highest BCUT2D eigenvalue weighted by atomic mass is 79.9. The highest BCUT2D eigenvalue weighted by molar-refractivity contribution is 9.10. The van der Waals surface area contributed by atoms with Crippen molar-refractivity contribution in [3.8, 4) is 0 Å². The molecular formula is C13H17BrN4O. The Bertz CT molecular complexity index is 574. The lowest BCUT2D eigenvalue weighted by molar-refractivity contribution is -0.0695. The minimum Gasteiger partial charge on any atom is -0.377 e. The largest absolute Gasteiger partial charge is 0.377 e. The van der Waals surface area contributed by atoms with E-state index in [9.17, 15) is 0 Å². The number of fused-ring (bicyclic) bond motifs is 1. The fraction of sp³-hybridized carbons (Fsp3) is 0.538. The molecule has 0 aliphatic heterocycles. The second kappa shape index (κ2) is 5.19. The Balaban J connectivity index is 1.67. The number of aromatic nitrogens is 3. The molecule has 102 valence electrons. The van der Waals surface area contributed by atoms with E-state index in [-0.39, 0.29) is 5.60 Å². The lowest BCUT2D eigenvalue weighted by Gasteiger charge is -2.40.